The summed E-state index contributed by atoms with van der Waals surface area (Å²) in [4.78, 5) is 22.3. The molecule has 0 spiro atoms. The molecule has 1 fully saturated rings. The second kappa shape index (κ2) is 8.30. The molecule has 1 N–H and O–H groups in total. The Labute approximate surface area is 147 Å². The number of thiophene rings is 1. The average molecular weight is 347 g/mol. The van der Waals surface area contributed by atoms with Crippen LogP contribution in [-0.2, 0) is 13.1 Å². The average Bonchev–Trinajstić information content (AvgIpc) is 3.19. The molecule has 6 nitrogen and oxygen atoms in total. The highest BCUT2D eigenvalue weighted by Crippen LogP contribution is 2.13. The number of hydrogen-bond acceptors (Lipinski definition) is 4. The Bertz CT molecular complexity index is 613. The minimum Gasteiger partial charge on any atom is -0.335 e. The Balaban J connectivity index is 1.45. The molecule has 1 aliphatic heterocycles. The maximum absolute atomic E-state index is 12.5. The SMILES string of the molecule is C[C@@H](Cn1ccnc1)NC(=O)N1CCCN(Cc2cccs2)CC1. The van der Waals surface area contributed by atoms with Crippen molar-refractivity contribution in [1.29, 1.82) is 0 Å². The number of carbonyl (C=O) groups is 1. The molecule has 3 heterocycles. The lowest BCUT2D eigenvalue weighted by Gasteiger charge is -2.24. The van der Waals surface area contributed by atoms with Gasteiger partial charge in [-0.2, -0.15) is 0 Å². The van der Waals surface area contributed by atoms with Crippen LogP contribution in [0.4, 0.5) is 4.79 Å². The molecule has 2 amide bonds. The number of aromatic nitrogens is 2. The second-order valence-corrected chi connectivity index (χ2v) is 7.34. The van der Waals surface area contributed by atoms with Gasteiger partial charge in [-0.3, -0.25) is 4.90 Å². The lowest BCUT2D eigenvalue weighted by molar-refractivity contribution is 0.193. The van der Waals surface area contributed by atoms with Crippen LogP contribution in [0.3, 0.4) is 0 Å². The number of hydrogen-bond donors (Lipinski definition) is 1. The van der Waals surface area contributed by atoms with Crippen LogP contribution in [0.25, 0.3) is 0 Å². The normalized spacial score (nSPS) is 17.5. The quantitative estimate of drug-likeness (QED) is 0.903. The summed E-state index contributed by atoms with van der Waals surface area (Å²) >= 11 is 1.80. The van der Waals surface area contributed by atoms with Crippen molar-refractivity contribution >= 4 is 17.4 Å². The van der Waals surface area contributed by atoms with Crippen LogP contribution in [0.15, 0.2) is 36.2 Å². The van der Waals surface area contributed by atoms with Gasteiger partial charge in [0.15, 0.2) is 0 Å². The molecule has 0 unspecified atom stereocenters. The third-order valence-corrected chi connectivity index (χ3v) is 5.11. The molecule has 0 saturated carbocycles. The minimum atomic E-state index is 0.0422. The third kappa shape index (κ3) is 4.82. The summed E-state index contributed by atoms with van der Waals surface area (Å²) in [6.45, 7) is 7.35. The fraction of sp³-hybridized carbons (Fsp3) is 0.529. The highest BCUT2D eigenvalue weighted by molar-refractivity contribution is 7.09. The van der Waals surface area contributed by atoms with Crippen LogP contribution in [-0.4, -0.2) is 57.6 Å². The topological polar surface area (TPSA) is 53.4 Å². The van der Waals surface area contributed by atoms with Crippen molar-refractivity contribution in [3.63, 3.8) is 0 Å². The molecule has 1 atom stereocenters. The standard InChI is InChI=1S/C17H25N5OS/c1-15(12-21-8-5-18-14-21)19-17(23)22-7-3-6-20(9-10-22)13-16-4-2-11-24-16/h2,4-5,8,11,14-15H,3,6-7,9-10,12-13H2,1H3,(H,19,23)/t15-/m0/s1. The van der Waals surface area contributed by atoms with Crippen molar-refractivity contribution in [2.24, 2.45) is 0 Å². The van der Waals surface area contributed by atoms with Gasteiger partial charge in [-0.25, -0.2) is 9.78 Å². The van der Waals surface area contributed by atoms with Crippen LogP contribution in [0, 0.1) is 0 Å². The fourth-order valence-electron chi connectivity index (χ4n) is 3.01. The first-order valence-corrected chi connectivity index (χ1v) is 9.34. The van der Waals surface area contributed by atoms with E-state index in [2.05, 4.69) is 32.7 Å². The first kappa shape index (κ1) is 17.0. The zero-order valence-electron chi connectivity index (χ0n) is 14.1. The Morgan fingerprint density at radius 3 is 3.04 bits per heavy atom. The zero-order chi connectivity index (χ0) is 16.8. The number of urea groups is 1. The summed E-state index contributed by atoms with van der Waals surface area (Å²) in [5.74, 6) is 0. The summed E-state index contributed by atoms with van der Waals surface area (Å²) < 4.78 is 1.98. The van der Waals surface area contributed by atoms with Gasteiger partial charge in [-0.15, -0.1) is 11.3 Å². The van der Waals surface area contributed by atoms with Gasteiger partial charge >= 0.3 is 6.03 Å². The molecule has 0 radical (unpaired) electrons. The van der Waals surface area contributed by atoms with E-state index in [0.717, 1.165) is 45.7 Å². The van der Waals surface area contributed by atoms with Gasteiger partial charge in [-0.05, 0) is 24.8 Å². The van der Waals surface area contributed by atoms with Gasteiger partial charge in [0.2, 0.25) is 0 Å². The molecule has 24 heavy (non-hydrogen) atoms. The molecule has 3 rings (SSSR count). The molecule has 0 aliphatic carbocycles. The molecule has 0 aromatic carbocycles. The molecule has 1 aliphatic rings. The van der Waals surface area contributed by atoms with Crippen molar-refractivity contribution in [3.05, 3.63) is 41.1 Å². The van der Waals surface area contributed by atoms with E-state index in [9.17, 15) is 4.79 Å². The van der Waals surface area contributed by atoms with E-state index in [-0.39, 0.29) is 12.1 Å². The smallest absolute Gasteiger partial charge is 0.317 e. The van der Waals surface area contributed by atoms with E-state index in [1.165, 1.54) is 4.88 Å². The number of nitrogens with zero attached hydrogens (tertiary/aromatic N) is 4. The van der Waals surface area contributed by atoms with Crippen molar-refractivity contribution in [1.82, 2.24) is 24.7 Å². The summed E-state index contributed by atoms with van der Waals surface area (Å²) in [7, 11) is 0. The van der Waals surface area contributed by atoms with Crippen LogP contribution < -0.4 is 5.32 Å². The lowest BCUT2D eigenvalue weighted by Crippen LogP contribution is -2.46. The van der Waals surface area contributed by atoms with Gasteiger partial charge in [0.05, 0.1) is 6.33 Å². The van der Waals surface area contributed by atoms with E-state index in [1.807, 2.05) is 22.6 Å². The summed E-state index contributed by atoms with van der Waals surface area (Å²) in [5, 5.41) is 5.22. The number of imidazole rings is 1. The molecule has 130 valence electrons. The van der Waals surface area contributed by atoms with Crippen LogP contribution in [0.5, 0.6) is 0 Å². The maximum Gasteiger partial charge on any atom is 0.317 e. The van der Waals surface area contributed by atoms with Crippen LogP contribution in [0.1, 0.15) is 18.2 Å². The van der Waals surface area contributed by atoms with E-state index in [0.29, 0.717) is 0 Å². The van der Waals surface area contributed by atoms with Crippen LogP contribution >= 0.6 is 11.3 Å². The Morgan fingerprint density at radius 2 is 2.29 bits per heavy atom. The van der Waals surface area contributed by atoms with Gasteiger partial charge in [0.25, 0.3) is 0 Å². The highest BCUT2D eigenvalue weighted by Gasteiger charge is 2.20. The van der Waals surface area contributed by atoms with Gasteiger partial charge in [0, 0.05) is 62.6 Å². The number of carbonyl (C=O) groups excluding carboxylic acids is 1. The highest BCUT2D eigenvalue weighted by atomic mass is 32.1. The lowest BCUT2D eigenvalue weighted by atomic mass is 10.3. The first-order chi connectivity index (χ1) is 11.7. The van der Waals surface area contributed by atoms with E-state index >= 15 is 0 Å². The predicted molar refractivity (Wildman–Crippen MR) is 96.0 cm³/mol. The van der Waals surface area contributed by atoms with Crippen molar-refractivity contribution in [2.75, 3.05) is 26.2 Å². The fourth-order valence-corrected chi connectivity index (χ4v) is 3.76. The summed E-state index contributed by atoms with van der Waals surface area (Å²) in [6, 6.07) is 4.40. The molecular weight excluding hydrogens is 322 g/mol. The first-order valence-electron chi connectivity index (χ1n) is 8.46. The van der Waals surface area contributed by atoms with E-state index < -0.39 is 0 Å². The number of rotatable bonds is 5. The number of nitrogens with one attached hydrogen (secondary N) is 1. The van der Waals surface area contributed by atoms with Crippen molar-refractivity contribution < 1.29 is 4.79 Å². The summed E-state index contributed by atoms with van der Waals surface area (Å²) in [5.41, 5.74) is 0. The molecular formula is C17H25N5OS. The minimum absolute atomic E-state index is 0.0422. The molecule has 1 saturated heterocycles. The summed E-state index contributed by atoms with van der Waals surface area (Å²) in [6.07, 6.45) is 6.47. The van der Waals surface area contributed by atoms with Gasteiger partial charge in [0.1, 0.15) is 0 Å². The molecule has 2 aromatic heterocycles. The largest absolute Gasteiger partial charge is 0.335 e. The number of amides is 2. The molecule has 0 bridgehead atoms. The Morgan fingerprint density at radius 1 is 1.38 bits per heavy atom. The van der Waals surface area contributed by atoms with E-state index in [4.69, 9.17) is 0 Å². The van der Waals surface area contributed by atoms with Gasteiger partial charge < -0.3 is 14.8 Å². The Kier molecular flexibility index (Phi) is 5.87. The second-order valence-electron chi connectivity index (χ2n) is 6.31. The van der Waals surface area contributed by atoms with Crippen LogP contribution in [0.2, 0.25) is 0 Å². The third-order valence-electron chi connectivity index (χ3n) is 4.25. The Hall–Kier alpha value is -1.86. The predicted octanol–water partition coefficient (Wildman–Crippen LogP) is 2.25. The van der Waals surface area contributed by atoms with Gasteiger partial charge in [-0.1, -0.05) is 6.07 Å². The molecule has 7 heteroatoms. The van der Waals surface area contributed by atoms with Crippen molar-refractivity contribution in [2.45, 2.75) is 32.5 Å². The maximum atomic E-state index is 12.5. The van der Waals surface area contributed by atoms with Crippen molar-refractivity contribution in [3.8, 4) is 0 Å². The molecule has 2 aromatic rings. The monoisotopic (exact) mass is 347 g/mol. The zero-order valence-corrected chi connectivity index (χ0v) is 14.9. The van der Waals surface area contributed by atoms with E-state index in [1.54, 1.807) is 23.9 Å².